The first-order valence-electron chi connectivity index (χ1n) is 9.74. The average Bonchev–Trinajstić information content (AvgIpc) is 3.37. The van der Waals surface area contributed by atoms with Crippen molar-refractivity contribution in [2.24, 2.45) is 4.99 Å². The van der Waals surface area contributed by atoms with Gasteiger partial charge < -0.3 is 29.2 Å². The van der Waals surface area contributed by atoms with E-state index in [4.69, 9.17) is 13.9 Å². The van der Waals surface area contributed by atoms with Crippen molar-refractivity contribution in [2.75, 3.05) is 39.4 Å². The fraction of sp³-hybridized carbons (Fsp3) is 0.737. The molecule has 0 amide bonds. The Hall–Kier alpha value is -0.840. The lowest BCUT2D eigenvalue weighted by Crippen LogP contribution is -2.47. The highest BCUT2D eigenvalue weighted by Crippen LogP contribution is 2.18. The highest BCUT2D eigenvalue weighted by molar-refractivity contribution is 14.0. The van der Waals surface area contributed by atoms with Crippen LogP contribution in [-0.4, -0.2) is 67.6 Å². The van der Waals surface area contributed by atoms with Gasteiger partial charge in [-0.3, -0.25) is 0 Å². The Morgan fingerprint density at radius 1 is 1.41 bits per heavy atom. The first-order chi connectivity index (χ1) is 12.8. The number of ether oxygens (including phenoxy) is 2. The SMILES string of the molecule is CCNC(=NCC(O)c1ccco1)N1CCC(OCC2CCCO2)CC1.I. The second kappa shape index (κ2) is 11.9. The van der Waals surface area contributed by atoms with Gasteiger partial charge in [0.1, 0.15) is 11.9 Å². The molecule has 2 N–H and O–H groups in total. The standard InChI is InChI=1S/C19H31N3O4.HI/c1-2-20-19(21-13-17(23)18-6-4-12-25-18)22-9-7-15(8-10-22)26-14-16-5-3-11-24-16;/h4,6,12,15-17,23H,2-3,5,7-11,13-14H2,1H3,(H,20,21);1H. The third-order valence-corrected chi connectivity index (χ3v) is 4.90. The molecule has 2 aliphatic heterocycles. The summed E-state index contributed by atoms with van der Waals surface area (Å²) in [7, 11) is 0. The molecule has 0 aliphatic carbocycles. The first kappa shape index (κ1) is 22.4. The van der Waals surface area contributed by atoms with Crippen LogP contribution >= 0.6 is 24.0 Å². The molecule has 27 heavy (non-hydrogen) atoms. The predicted molar refractivity (Wildman–Crippen MR) is 115 cm³/mol. The number of nitrogens with zero attached hydrogens (tertiary/aromatic N) is 2. The summed E-state index contributed by atoms with van der Waals surface area (Å²) in [6.07, 6.45) is 5.67. The number of rotatable bonds is 7. The minimum atomic E-state index is -0.717. The van der Waals surface area contributed by atoms with Crippen LogP contribution in [-0.2, 0) is 9.47 Å². The van der Waals surface area contributed by atoms with Crippen LogP contribution in [0.5, 0.6) is 0 Å². The van der Waals surface area contributed by atoms with Gasteiger partial charge in [-0.2, -0.15) is 0 Å². The van der Waals surface area contributed by atoms with E-state index in [9.17, 15) is 5.11 Å². The van der Waals surface area contributed by atoms with E-state index in [1.807, 2.05) is 0 Å². The molecule has 2 atom stereocenters. The molecule has 2 saturated heterocycles. The number of piperidine rings is 1. The number of hydrogen-bond acceptors (Lipinski definition) is 5. The van der Waals surface area contributed by atoms with E-state index < -0.39 is 6.10 Å². The van der Waals surface area contributed by atoms with Gasteiger partial charge in [-0.25, -0.2) is 4.99 Å². The van der Waals surface area contributed by atoms with E-state index in [-0.39, 0.29) is 36.6 Å². The summed E-state index contributed by atoms with van der Waals surface area (Å²) in [6, 6.07) is 3.54. The van der Waals surface area contributed by atoms with Crippen molar-refractivity contribution in [3.8, 4) is 0 Å². The van der Waals surface area contributed by atoms with Gasteiger partial charge in [0.25, 0.3) is 0 Å². The second-order valence-electron chi connectivity index (χ2n) is 6.88. The van der Waals surface area contributed by atoms with Gasteiger partial charge >= 0.3 is 0 Å². The van der Waals surface area contributed by atoms with E-state index >= 15 is 0 Å². The maximum absolute atomic E-state index is 10.2. The van der Waals surface area contributed by atoms with Crippen LogP contribution in [0.1, 0.15) is 44.5 Å². The largest absolute Gasteiger partial charge is 0.467 e. The molecule has 2 aliphatic rings. The fourth-order valence-electron chi connectivity index (χ4n) is 3.42. The Morgan fingerprint density at radius 2 is 2.22 bits per heavy atom. The maximum Gasteiger partial charge on any atom is 0.194 e. The molecule has 0 aromatic carbocycles. The van der Waals surface area contributed by atoms with E-state index in [2.05, 4.69) is 22.1 Å². The molecule has 154 valence electrons. The molecule has 3 rings (SSSR count). The quantitative estimate of drug-likeness (QED) is 0.346. The molecular formula is C19H32IN3O4. The Kier molecular flexibility index (Phi) is 9.88. The summed E-state index contributed by atoms with van der Waals surface area (Å²) in [5.41, 5.74) is 0. The van der Waals surface area contributed by atoms with Crippen LogP contribution in [0.25, 0.3) is 0 Å². The minimum Gasteiger partial charge on any atom is -0.467 e. The van der Waals surface area contributed by atoms with Crippen molar-refractivity contribution >= 4 is 29.9 Å². The number of nitrogens with one attached hydrogen (secondary N) is 1. The minimum absolute atomic E-state index is 0. The zero-order valence-corrected chi connectivity index (χ0v) is 18.3. The number of guanidine groups is 1. The van der Waals surface area contributed by atoms with Crippen molar-refractivity contribution in [2.45, 2.75) is 50.9 Å². The van der Waals surface area contributed by atoms with E-state index in [1.54, 1.807) is 18.4 Å². The van der Waals surface area contributed by atoms with Crippen LogP contribution in [0.2, 0.25) is 0 Å². The molecule has 7 nitrogen and oxygen atoms in total. The third kappa shape index (κ3) is 6.92. The predicted octanol–water partition coefficient (Wildman–Crippen LogP) is 2.56. The Bertz CT molecular complexity index is 541. The number of aliphatic hydroxyl groups excluding tert-OH is 1. The number of likely N-dealkylation sites (tertiary alicyclic amines) is 1. The van der Waals surface area contributed by atoms with Gasteiger partial charge in [-0.05, 0) is 44.7 Å². The van der Waals surface area contributed by atoms with Crippen LogP contribution in [0.15, 0.2) is 27.8 Å². The van der Waals surface area contributed by atoms with Crippen molar-refractivity contribution in [1.29, 1.82) is 0 Å². The monoisotopic (exact) mass is 493 g/mol. The van der Waals surface area contributed by atoms with Gasteiger partial charge in [0.2, 0.25) is 0 Å². The number of furan rings is 1. The Balaban J connectivity index is 0.00000261. The summed E-state index contributed by atoms with van der Waals surface area (Å²) in [6.45, 7) is 6.52. The van der Waals surface area contributed by atoms with Gasteiger partial charge in [-0.15, -0.1) is 24.0 Å². The Morgan fingerprint density at radius 3 is 2.85 bits per heavy atom. The molecule has 0 spiro atoms. The number of hydrogen-bond donors (Lipinski definition) is 2. The molecule has 0 saturated carbocycles. The second-order valence-corrected chi connectivity index (χ2v) is 6.88. The molecule has 0 radical (unpaired) electrons. The highest BCUT2D eigenvalue weighted by Gasteiger charge is 2.24. The summed E-state index contributed by atoms with van der Waals surface area (Å²) in [5.74, 6) is 1.39. The zero-order chi connectivity index (χ0) is 18.2. The molecule has 1 aromatic rings. The average molecular weight is 493 g/mol. The summed E-state index contributed by atoms with van der Waals surface area (Å²) >= 11 is 0. The van der Waals surface area contributed by atoms with Crippen LogP contribution < -0.4 is 5.32 Å². The zero-order valence-electron chi connectivity index (χ0n) is 16.0. The highest BCUT2D eigenvalue weighted by atomic mass is 127. The van der Waals surface area contributed by atoms with Crippen molar-refractivity contribution in [1.82, 2.24) is 10.2 Å². The summed E-state index contributed by atoms with van der Waals surface area (Å²) in [5, 5.41) is 13.5. The maximum atomic E-state index is 10.2. The van der Waals surface area contributed by atoms with E-state index in [1.165, 1.54) is 0 Å². The number of aliphatic hydroxyl groups is 1. The van der Waals surface area contributed by atoms with Crippen LogP contribution in [0.4, 0.5) is 0 Å². The van der Waals surface area contributed by atoms with E-state index in [0.717, 1.165) is 57.9 Å². The molecule has 1 aromatic heterocycles. The smallest absolute Gasteiger partial charge is 0.194 e. The van der Waals surface area contributed by atoms with Gasteiger partial charge in [0, 0.05) is 26.2 Å². The lowest BCUT2D eigenvalue weighted by Gasteiger charge is -2.34. The molecular weight excluding hydrogens is 461 g/mol. The van der Waals surface area contributed by atoms with Crippen molar-refractivity contribution < 1.29 is 19.0 Å². The Labute approximate surface area is 178 Å². The van der Waals surface area contributed by atoms with Gasteiger partial charge in [-0.1, -0.05) is 0 Å². The molecule has 2 unspecified atom stereocenters. The van der Waals surface area contributed by atoms with Gasteiger partial charge in [0.15, 0.2) is 5.96 Å². The number of aliphatic imine (C=N–C) groups is 1. The molecule has 8 heteroatoms. The molecule has 0 bridgehead atoms. The lowest BCUT2D eigenvalue weighted by atomic mass is 10.1. The van der Waals surface area contributed by atoms with Crippen LogP contribution in [0, 0.1) is 0 Å². The fourth-order valence-corrected chi connectivity index (χ4v) is 3.42. The van der Waals surface area contributed by atoms with Crippen molar-refractivity contribution in [3.63, 3.8) is 0 Å². The normalized spacial score (nSPS) is 22.5. The van der Waals surface area contributed by atoms with Gasteiger partial charge in [0.05, 0.1) is 31.6 Å². The third-order valence-electron chi connectivity index (χ3n) is 4.90. The first-order valence-corrected chi connectivity index (χ1v) is 9.74. The van der Waals surface area contributed by atoms with Crippen LogP contribution in [0.3, 0.4) is 0 Å². The summed E-state index contributed by atoms with van der Waals surface area (Å²) in [4.78, 5) is 6.83. The molecule has 3 heterocycles. The molecule has 2 fully saturated rings. The lowest BCUT2D eigenvalue weighted by molar-refractivity contribution is -0.0367. The number of halogens is 1. The summed E-state index contributed by atoms with van der Waals surface area (Å²) < 4.78 is 16.9. The topological polar surface area (TPSA) is 79.5 Å². The van der Waals surface area contributed by atoms with E-state index in [0.29, 0.717) is 18.5 Å². The van der Waals surface area contributed by atoms with Crippen molar-refractivity contribution in [3.05, 3.63) is 24.2 Å².